The van der Waals surface area contributed by atoms with Gasteiger partial charge in [-0.15, -0.1) is 0 Å². The Morgan fingerprint density at radius 2 is 1.93 bits per heavy atom. The van der Waals surface area contributed by atoms with Gasteiger partial charge in [-0.2, -0.15) is 14.6 Å². The number of hydrogen-bond acceptors (Lipinski definition) is 9. The van der Waals surface area contributed by atoms with Gasteiger partial charge in [0.25, 0.3) is 5.91 Å². The molecule has 1 aromatic carbocycles. The molecule has 1 aliphatic rings. The smallest absolute Gasteiger partial charge is 0.330 e. The number of carbonyl (C=O) groups excluding carboxylic acids is 1. The largest absolute Gasteiger partial charge is 0.463 e. The lowest BCUT2D eigenvalue weighted by molar-refractivity contribution is 0.0934. The Balaban J connectivity index is 1.12. The topological polar surface area (TPSA) is 135 Å². The highest BCUT2D eigenvalue weighted by atomic mass is 19.1. The molecular formula is C30H37FN10O3. The number of fused-ring (bicyclic) bond motifs is 3. The van der Waals surface area contributed by atoms with Crippen LogP contribution in [0.2, 0.25) is 0 Å². The molecule has 0 aliphatic carbocycles. The molecule has 1 saturated heterocycles. The molecular weight excluding hydrogens is 567 g/mol. The molecule has 0 bridgehead atoms. The van der Waals surface area contributed by atoms with E-state index in [1.54, 1.807) is 40.6 Å². The molecule has 4 aromatic heterocycles. The number of aromatic nitrogens is 5. The zero-order valence-corrected chi connectivity index (χ0v) is 25.3. The molecule has 14 heteroatoms. The van der Waals surface area contributed by atoms with Crippen LogP contribution in [0.3, 0.4) is 0 Å². The number of rotatable bonds is 9. The summed E-state index contributed by atoms with van der Waals surface area (Å²) >= 11 is 0. The molecule has 13 nitrogen and oxygen atoms in total. The number of piperazine rings is 1. The van der Waals surface area contributed by atoms with Crippen molar-refractivity contribution in [3.05, 3.63) is 64.5 Å². The van der Waals surface area contributed by atoms with E-state index in [1.165, 1.54) is 10.6 Å². The average molecular weight is 605 g/mol. The SMILES string of the molecule is C[C@H](CN(C)C)NC(=O)c1ccc(N2CCN(CCn3c(=O)n(C)c4c3nc(N)n3nc(-c5ccco5)cc43)CC2)c(F)c1. The second kappa shape index (κ2) is 11.8. The number of hydrogen-bond donors (Lipinski definition) is 2. The van der Waals surface area contributed by atoms with Gasteiger partial charge in [0.2, 0.25) is 5.95 Å². The molecule has 44 heavy (non-hydrogen) atoms. The van der Waals surface area contributed by atoms with E-state index in [-0.39, 0.29) is 23.6 Å². The van der Waals surface area contributed by atoms with Crippen LogP contribution in [0.4, 0.5) is 16.0 Å². The highest BCUT2D eigenvalue weighted by Crippen LogP contribution is 2.26. The number of nitrogens with one attached hydrogen (secondary N) is 1. The summed E-state index contributed by atoms with van der Waals surface area (Å²) in [6, 6.07) is 10.0. The van der Waals surface area contributed by atoms with Crippen LogP contribution in [-0.2, 0) is 13.6 Å². The van der Waals surface area contributed by atoms with Gasteiger partial charge in [-0.3, -0.25) is 18.8 Å². The predicted molar refractivity (Wildman–Crippen MR) is 166 cm³/mol. The summed E-state index contributed by atoms with van der Waals surface area (Å²) in [6.45, 7) is 6.26. The van der Waals surface area contributed by atoms with Crippen LogP contribution in [0.5, 0.6) is 0 Å². The van der Waals surface area contributed by atoms with Crippen molar-refractivity contribution in [3.8, 4) is 11.5 Å². The Morgan fingerprint density at radius 1 is 1.16 bits per heavy atom. The molecule has 232 valence electrons. The highest BCUT2D eigenvalue weighted by molar-refractivity contribution is 5.95. The number of carbonyl (C=O) groups is 1. The second-order valence-electron chi connectivity index (χ2n) is 11.6. The van der Waals surface area contributed by atoms with Crippen molar-refractivity contribution < 1.29 is 13.6 Å². The number of nitrogens with zero attached hydrogens (tertiary/aromatic N) is 8. The third-order valence-electron chi connectivity index (χ3n) is 8.06. The van der Waals surface area contributed by atoms with E-state index >= 15 is 4.39 Å². The predicted octanol–water partition coefficient (Wildman–Crippen LogP) is 1.87. The summed E-state index contributed by atoms with van der Waals surface area (Å²) in [5.41, 5.74) is 9.25. The van der Waals surface area contributed by atoms with E-state index in [4.69, 9.17) is 10.2 Å². The standard InChI is InChI=1S/C30H37FN10O3/c1-19(18-36(2)3)33-28(42)20-7-8-23(21(31)16-20)39-12-9-38(10-13-39)11-14-40-27-26(37(4)30(40)43)24-17-22(25-6-5-15-44-25)35-41(24)29(32)34-27/h5-8,15-17,19H,9-14,18H2,1-4H3,(H2,32,34)(H,33,42)/t19-/m1/s1. The summed E-state index contributed by atoms with van der Waals surface area (Å²) in [4.78, 5) is 36.6. The van der Waals surface area contributed by atoms with Crippen molar-refractivity contribution in [1.82, 2.24) is 38.8 Å². The van der Waals surface area contributed by atoms with Gasteiger partial charge < -0.3 is 25.3 Å². The molecule has 0 unspecified atom stereocenters. The molecule has 6 rings (SSSR count). The third kappa shape index (κ3) is 5.53. The molecule has 0 saturated carbocycles. The lowest BCUT2D eigenvalue weighted by Gasteiger charge is -2.36. The number of nitrogens with two attached hydrogens (primary N) is 1. The molecule has 1 aliphatic heterocycles. The number of imidazole rings is 1. The van der Waals surface area contributed by atoms with Crippen LogP contribution < -0.4 is 21.6 Å². The molecule has 1 atom stereocenters. The second-order valence-corrected chi connectivity index (χ2v) is 11.6. The molecule has 0 radical (unpaired) electrons. The van der Waals surface area contributed by atoms with Crippen LogP contribution in [-0.4, -0.2) is 98.8 Å². The van der Waals surface area contributed by atoms with Crippen molar-refractivity contribution in [3.63, 3.8) is 0 Å². The summed E-state index contributed by atoms with van der Waals surface area (Å²) in [5, 5.41) is 7.44. The van der Waals surface area contributed by atoms with Crippen molar-refractivity contribution in [1.29, 1.82) is 0 Å². The Labute approximate surface area is 253 Å². The first kappa shape index (κ1) is 29.4. The average Bonchev–Trinajstić information content (AvgIpc) is 3.72. The maximum absolute atomic E-state index is 15.1. The minimum atomic E-state index is -0.418. The van der Waals surface area contributed by atoms with Crippen molar-refractivity contribution in [2.75, 3.05) is 64.0 Å². The monoisotopic (exact) mass is 604 g/mol. The maximum Gasteiger partial charge on any atom is 0.330 e. The van der Waals surface area contributed by atoms with Gasteiger partial charge in [0.15, 0.2) is 11.4 Å². The molecule has 0 spiro atoms. The number of anilines is 2. The van der Waals surface area contributed by atoms with Gasteiger partial charge in [0.05, 0.1) is 17.5 Å². The number of benzene rings is 1. The van der Waals surface area contributed by atoms with E-state index in [1.807, 2.05) is 43.0 Å². The van der Waals surface area contributed by atoms with E-state index < -0.39 is 5.82 Å². The van der Waals surface area contributed by atoms with E-state index in [0.29, 0.717) is 85.2 Å². The van der Waals surface area contributed by atoms with E-state index in [2.05, 4.69) is 20.3 Å². The van der Waals surface area contributed by atoms with Crippen LogP contribution in [0.15, 0.2) is 51.9 Å². The Bertz CT molecular complexity index is 1870. The Hall–Kier alpha value is -4.69. The molecule has 5 aromatic rings. The molecule has 5 heterocycles. The van der Waals surface area contributed by atoms with Gasteiger partial charge in [-0.1, -0.05) is 0 Å². The summed E-state index contributed by atoms with van der Waals surface area (Å²) in [6.07, 6.45) is 1.57. The first-order valence-electron chi connectivity index (χ1n) is 14.6. The summed E-state index contributed by atoms with van der Waals surface area (Å²) < 4.78 is 25.3. The number of halogens is 1. The molecule has 3 N–H and O–H groups in total. The Morgan fingerprint density at radius 3 is 2.61 bits per heavy atom. The van der Waals surface area contributed by atoms with Crippen molar-refractivity contribution in [2.24, 2.45) is 7.05 Å². The number of amides is 1. The number of aryl methyl sites for hydroxylation is 1. The third-order valence-corrected chi connectivity index (χ3v) is 8.06. The molecule has 1 amide bonds. The minimum Gasteiger partial charge on any atom is -0.463 e. The Kier molecular flexibility index (Phi) is 7.86. The zero-order chi connectivity index (χ0) is 31.1. The lowest BCUT2D eigenvalue weighted by atomic mass is 10.1. The fourth-order valence-electron chi connectivity index (χ4n) is 5.93. The van der Waals surface area contributed by atoms with Crippen molar-refractivity contribution >= 4 is 34.2 Å². The lowest BCUT2D eigenvalue weighted by Crippen LogP contribution is -2.47. The van der Waals surface area contributed by atoms with Gasteiger partial charge in [0, 0.05) is 64.5 Å². The number of likely N-dealkylation sites (N-methyl/N-ethyl adjacent to an activating group) is 1. The zero-order valence-electron chi connectivity index (χ0n) is 25.3. The fourth-order valence-corrected chi connectivity index (χ4v) is 5.93. The summed E-state index contributed by atoms with van der Waals surface area (Å²) in [7, 11) is 5.59. The normalized spacial score (nSPS) is 15.1. The minimum absolute atomic E-state index is 0.0570. The summed E-state index contributed by atoms with van der Waals surface area (Å²) in [5.74, 6) is 0.0588. The van der Waals surface area contributed by atoms with Crippen LogP contribution in [0.25, 0.3) is 28.1 Å². The van der Waals surface area contributed by atoms with Crippen LogP contribution >= 0.6 is 0 Å². The van der Waals surface area contributed by atoms with Crippen molar-refractivity contribution in [2.45, 2.75) is 19.5 Å². The van der Waals surface area contributed by atoms with E-state index in [0.717, 1.165) is 0 Å². The quantitative estimate of drug-likeness (QED) is 0.259. The van der Waals surface area contributed by atoms with Crippen LogP contribution in [0.1, 0.15) is 17.3 Å². The first-order valence-corrected chi connectivity index (χ1v) is 14.6. The van der Waals surface area contributed by atoms with Crippen LogP contribution in [0, 0.1) is 5.82 Å². The van der Waals surface area contributed by atoms with Gasteiger partial charge >= 0.3 is 5.69 Å². The van der Waals surface area contributed by atoms with E-state index in [9.17, 15) is 9.59 Å². The molecule has 1 fully saturated rings. The first-order chi connectivity index (χ1) is 21.1. The fraction of sp³-hybridized carbons (Fsp3) is 0.400. The number of furan rings is 1. The van der Waals surface area contributed by atoms with Gasteiger partial charge in [0.1, 0.15) is 17.0 Å². The number of nitrogen functional groups attached to an aromatic ring is 1. The maximum atomic E-state index is 15.1. The highest BCUT2D eigenvalue weighted by Gasteiger charge is 2.23. The van der Waals surface area contributed by atoms with Gasteiger partial charge in [-0.05, 0) is 57.4 Å². The van der Waals surface area contributed by atoms with Gasteiger partial charge in [-0.25, -0.2) is 9.18 Å².